The summed E-state index contributed by atoms with van der Waals surface area (Å²) in [5.74, 6) is -0.934. The zero-order chi connectivity index (χ0) is 16.9. The molecule has 8 heteroatoms. The quantitative estimate of drug-likeness (QED) is 0.329. The van der Waals surface area contributed by atoms with Gasteiger partial charge in [0.15, 0.2) is 9.84 Å². The van der Waals surface area contributed by atoms with Crippen LogP contribution in [0.1, 0.15) is 42.1 Å². The SMILES string of the molecule is CCCCCc1ccc(C(=O)OC)c([N+](=O)[O-])c1S(C)(=O)=O. The van der Waals surface area contributed by atoms with E-state index in [0.29, 0.717) is 18.4 Å². The Bertz CT molecular complexity index is 681. The molecule has 0 saturated heterocycles. The first-order chi connectivity index (χ1) is 10.2. The van der Waals surface area contributed by atoms with Gasteiger partial charge in [0, 0.05) is 6.26 Å². The standard InChI is InChI=1S/C14H19NO6S/c1-4-5-6-7-10-8-9-11(14(16)21-2)12(15(17)18)13(10)22(3,19)20/h8-9H,4-7H2,1-3H3. The Morgan fingerprint density at radius 1 is 1.32 bits per heavy atom. The molecule has 22 heavy (non-hydrogen) atoms. The average Bonchev–Trinajstić information content (AvgIpc) is 2.44. The van der Waals surface area contributed by atoms with Gasteiger partial charge in [-0.3, -0.25) is 10.1 Å². The maximum absolute atomic E-state index is 12.0. The third-order valence-electron chi connectivity index (χ3n) is 3.22. The summed E-state index contributed by atoms with van der Waals surface area (Å²) < 4.78 is 28.5. The van der Waals surface area contributed by atoms with E-state index >= 15 is 0 Å². The number of esters is 1. The predicted molar refractivity (Wildman–Crippen MR) is 80.8 cm³/mol. The molecule has 0 aliphatic rings. The van der Waals surface area contributed by atoms with E-state index in [2.05, 4.69) is 4.74 Å². The highest BCUT2D eigenvalue weighted by atomic mass is 32.2. The fourth-order valence-corrected chi connectivity index (χ4v) is 3.43. The molecule has 0 unspecified atom stereocenters. The Balaban J connectivity index is 3.59. The summed E-state index contributed by atoms with van der Waals surface area (Å²) in [6.07, 6.45) is 3.85. The summed E-state index contributed by atoms with van der Waals surface area (Å²) >= 11 is 0. The molecule has 0 bridgehead atoms. The minimum absolute atomic E-state index is 0.354. The molecular formula is C14H19NO6S. The number of benzene rings is 1. The Morgan fingerprint density at radius 3 is 2.41 bits per heavy atom. The molecule has 0 aliphatic carbocycles. The largest absolute Gasteiger partial charge is 0.465 e. The lowest BCUT2D eigenvalue weighted by atomic mass is 10.0. The highest BCUT2D eigenvalue weighted by Crippen LogP contribution is 2.32. The van der Waals surface area contributed by atoms with Crippen molar-refractivity contribution in [3.8, 4) is 0 Å². The van der Waals surface area contributed by atoms with Crippen LogP contribution in [0.25, 0.3) is 0 Å². The molecule has 122 valence electrons. The molecule has 0 N–H and O–H groups in total. The number of aryl methyl sites for hydroxylation is 1. The van der Waals surface area contributed by atoms with E-state index in [-0.39, 0.29) is 5.56 Å². The molecule has 0 fully saturated rings. The molecule has 0 atom stereocenters. The van der Waals surface area contributed by atoms with Crippen LogP contribution in [0.2, 0.25) is 0 Å². The van der Waals surface area contributed by atoms with E-state index in [4.69, 9.17) is 0 Å². The smallest absolute Gasteiger partial charge is 0.344 e. The third-order valence-corrected chi connectivity index (χ3v) is 4.42. The summed E-state index contributed by atoms with van der Waals surface area (Å²) in [6, 6.07) is 2.70. The Kier molecular flexibility index (Phi) is 6.04. The zero-order valence-corrected chi connectivity index (χ0v) is 13.6. The van der Waals surface area contributed by atoms with Crippen molar-refractivity contribution in [3.63, 3.8) is 0 Å². The first kappa shape index (κ1) is 18.1. The number of hydrogen-bond acceptors (Lipinski definition) is 6. The number of methoxy groups -OCH3 is 1. The van der Waals surface area contributed by atoms with Gasteiger partial charge >= 0.3 is 11.7 Å². The van der Waals surface area contributed by atoms with Crippen molar-refractivity contribution in [3.05, 3.63) is 33.4 Å². The van der Waals surface area contributed by atoms with E-state index < -0.39 is 31.3 Å². The molecule has 0 saturated carbocycles. The maximum Gasteiger partial charge on any atom is 0.344 e. The summed E-state index contributed by atoms with van der Waals surface area (Å²) in [5, 5.41) is 11.3. The van der Waals surface area contributed by atoms with Crippen molar-refractivity contribution in [2.24, 2.45) is 0 Å². The van der Waals surface area contributed by atoms with Crippen LogP contribution < -0.4 is 0 Å². The monoisotopic (exact) mass is 329 g/mol. The average molecular weight is 329 g/mol. The molecule has 0 radical (unpaired) electrons. The fourth-order valence-electron chi connectivity index (χ4n) is 2.24. The molecule has 0 spiro atoms. The fraction of sp³-hybridized carbons (Fsp3) is 0.500. The molecular weight excluding hydrogens is 310 g/mol. The molecule has 7 nitrogen and oxygen atoms in total. The van der Waals surface area contributed by atoms with Gasteiger partial charge in [-0.1, -0.05) is 25.8 Å². The lowest BCUT2D eigenvalue weighted by Gasteiger charge is -2.11. The summed E-state index contributed by atoms with van der Waals surface area (Å²) in [5.41, 5.74) is -0.703. The van der Waals surface area contributed by atoms with E-state index in [1.165, 1.54) is 12.1 Å². The third kappa shape index (κ3) is 4.03. The molecule has 0 amide bonds. The minimum Gasteiger partial charge on any atom is -0.465 e. The number of nitrogens with zero attached hydrogens (tertiary/aromatic N) is 1. The topological polar surface area (TPSA) is 104 Å². The second-order valence-corrected chi connectivity index (χ2v) is 6.88. The molecule has 0 heterocycles. The molecule has 1 rings (SSSR count). The van der Waals surface area contributed by atoms with Crippen LogP contribution in [0.4, 0.5) is 5.69 Å². The van der Waals surface area contributed by atoms with Crippen LogP contribution in [0.15, 0.2) is 17.0 Å². The lowest BCUT2D eigenvalue weighted by Crippen LogP contribution is -2.13. The van der Waals surface area contributed by atoms with Crippen LogP contribution >= 0.6 is 0 Å². The first-order valence-electron chi connectivity index (χ1n) is 6.82. The summed E-state index contributed by atoms with van der Waals surface area (Å²) in [4.78, 5) is 21.8. The lowest BCUT2D eigenvalue weighted by molar-refractivity contribution is -0.388. The second kappa shape index (κ2) is 7.35. The molecule has 1 aromatic carbocycles. The summed E-state index contributed by atoms with van der Waals surface area (Å²) in [7, 11) is -2.78. The van der Waals surface area contributed by atoms with E-state index in [1.54, 1.807) is 0 Å². The maximum atomic E-state index is 12.0. The van der Waals surface area contributed by atoms with Crippen LogP contribution in [0.5, 0.6) is 0 Å². The number of ether oxygens (including phenoxy) is 1. The van der Waals surface area contributed by atoms with Gasteiger partial charge in [0.25, 0.3) is 0 Å². The molecule has 0 aliphatic heterocycles. The van der Waals surface area contributed by atoms with Crippen molar-refractivity contribution < 1.29 is 22.9 Å². The van der Waals surface area contributed by atoms with Crippen molar-refractivity contribution in [2.75, 3.05) is 13.4 Å². The molecule has 1 aromatic rings. The number of sulfone groups is 1. The van der Waals surface area contributed by atoms with E-state index in [9.17, 15) is 23.3 Å². The summed E-state index contributed by atoms with van der Waals surface area (Å²) in [6.45, 7) is 2.00. The molecule has 0 aromatic heterocycles. The Hall–Kier alpha value is -1.96. The van der Waals surface area contributed by atoms with E-state index in [0.717, 1.165) is 26.2 Å². The second-order valence-electron chi connectivity index (χ2n) is 4.93. The zero-order valence-electron chi connectivity index (χ0n) is 12.8. The van der Waals surface area contributed by atoms with Crippen LogP contribution in [-0.2, 0) is 21.0 Å². The van der Waals surface area contributed by atoms with Crippen LogP contribution in [0, 0.1) is 10.1 Å². The number of nitro groups is 1. The minimum atomic E-state index is -3.86. The highest BCUT2D eigenvalue weighted by molar-refractivity contribution is 7.91. The van der Waals surface area contributed by atoms with Gasteiger partial charge in [0.1, 0.15) is 10.5 Å². The number of hydrogen-bond donors (Lipinski definition) is 0. The van der Waals surface area contributed by atoms with Crippen molar-refractivity contribution in [1.82, 2.24) is 0 Å². The van der Waals surface area contributed by atoms with Crippen molar-refractivity contribution >= 4 is 21.5 Å². The number of rotatable bonds is 7. The highest BCUT2D eigenvalue weighted by Gasteiger charge is 2.32. The Morgan fingerprint density at radius 2 is 1.95 bits per heavy atom. The van der Waals surface area contributed by atoms with Crippen LogP contribution in [0.3, 0.4) is 0 Å². The predicted octanol–water partition coefficient (Wildman–Crippen LogP) is 2.52. The number of unbranched alkanes of at least 4 members (excludes halogenated alkanes) is 2. The number of carbonyl (C=O) groups is 1. The van der Waals surface area contributed by atoms with Gasteiger partial charge in [-0.05, 0) is 24.5 Å². The van der Waals surface area contributed by atoms with Gasteiger partial charge < -0.3 is 4.74 Å². The van der Waals surface area contributed by atoms with Gasteiger partial charge in [0.05, 0.1) is 12.0 Å². The van der Waals surface area contributed by atoms with Gasteiger partial charge in [-0.15, -0.1) is 0 Å². The first-order valence-corrected chi connectivity index (χ1v) is 8.71. The van der Waals surface area contributed by atoms with Crippen molar-refractivity contribution in [1.29, 1.82) is 0 Å². The van der Waals surface area contributed by atoms with Gasteiger partial charge in [-0.25, -0.2) is 13.2 Å². The normalized spacial score (nSPS) is 11.2. The van der Waals surface area contributed by atoms with E-state index in [1.807, 2.05) is 6.92 Å². The Labute approximate surface area is 129 Å². The number of carbonyl (C=O) groups excluding carboxylic acids is 1. The van der Waals surface area contributed by atoms with Crippen molar-refractivity contribution in [2.45, 2.75) is 37.5 Å². The van der Waals surface area contributed by atoms with Gasteiger partial charge in [-0.2, -0.15) is 0 Å². The number of nitro benzene ring substituents is 1. The van der Waals surface area contributed by atoms with Crippen LogP contribution in [-0.4, -0.2) is 32.7 Å². The van der Waals surface area contributed by atoms with Gasteiger partial charge in [0.2, 0.25) is 0 Å².